The van der Waals surface area contributed by atoms with Crippen LogP contribution in [0.15, 0.2) is 59.5 Å². The molecule has 1 N–H and O–H groups in total. The van der Waals surface area contributed by atoms with Crippen molar-refractivity contribution in [1.29, 1.82) is 0 Å². The predicted octanol–water partition coefficient (Wildman–Crippen LogP) is 3.68. The van der Waals surface area contributed by atoms with Crippen LogP contribution in [0.3, 0.4) is 0 Å². The summed E-state index contributed by atoms with van der Waals surface area (Å²) in [6, 6.07) is 16.4. The minimum absolute atomic E-state index is 0.200. The molecule has 3 aromatic rings. The molecule has 2 heterocycles. The van der Waals surface area contributed by atoms with Crippen LogP contribution in [-0.4, -0.2) is 49.5 Å². The van der Waals surface area contributed by atoms with E-state index in [-0.39, 0.29) is 10.8 Å². The number of nitrogens with one attached hydrogen (secondary N) is 1. The van der Waals surface area contributed by atoms with Gasteiger partial charge in [-0.25, -0.2) is 8.42 Å². The van der Waals surface area contributed by atoms with Crippen LogP contribution in [0.5, 0.6) is 0 Å². The molecule has 0 unspecified atom stereocenters. The first kappa shape index (κ1) is 22.3. The van der Waals surface area contributed by atoms with Gasteiger partial charge in [-0.15, -0.1) is 0 Å². The molecule has 1 amide bonds. The summed E-state index contributed by atoms with van der Waals surface area (Å²) in [7, 11) is -3.66. The zero-order chi connectivity index (χ0) is 22.9. The molecule has 1 saturated heterocycles. The average Bonchev–Trinajstić information content (AvgIpc) is 3.13. The second-order valence-electron chi connectivity index (χ2n) is 7.95. The lowest BCUT2D eigenvalue weighted by Gasteiger charge is -2.26. The normalized spacial score (nSPS) is 15.0. The number of benzene rings is 2. The van der Waals surface area contributed by atoms with Crippen LogP contribution in [0.1, 0.15) is 27.3 Å². The maximum Gasteiger partial charge on any atom is 0.255 e. The molecule has 168 valence electrons. The number of rotatable bonds is 5. The van der Waals surface area contributed by atoms with E-state index in [9.17, 15) is 13.2 Å². The topological polar surface area (TPSA) is 80.6 Å². The van der Waals surface area contributed by atoms with Gasteiger partial charge in [0.15, 0.2) is 0 Å². The van der Waals surface area contributed by atoms with E-state index in [1.165, 1.54) is 10.4 Å². The summed E-state index contributed by atoms with van der Waals surface area (Å²) in [4.78, 5) is 13.0. The van der Waals surface area contributed by atoms with Crippen LogP contribution in [0, 0.1) is 20.8 Å². The third-order valence-electron chi connectivity index (χ3n) is 5.69. The number of nitrogens with zero attached hydrogens (tertiary/aromatic N) is 2. The minimum Gasteiger partial charge on any atom is -0.379 e. The van der Waals surface area contributed by atoms with Gasteiger partial charge in [-0.05, 0) is 74.9 Å². The van der Waals surface area contributed by atoms with E-state index < -0.39 is 10.0 Å². The number of carbonyl (C=O) groups excluding carboxylic acids is 1. The fourth-order valence-electron chi connectivity index (χ4n) is 3.92. The lowest BCUT2D eigenvalue weighted by molar-refractivity contribution is 0.0730. The number of morpholine rings is 1. The third kappa shape index (κ3) is 4.34. The highest BCUT2D eigenvalue weighted by molar-refractivity contribution is 7.89. The van der Waals surface area contributed by atoms with Crippen LogP contribution in [0.4, 0.5) is 5.69 Å². The molecule has 0 saturated carbocycles. The van der Waals surface area contributed by atoms with Crippen molar-refractivity contribution >= 4 is 21.6 Å². The van der Waals surface area contributed by atoms with Crippen molar-refractivity contribution in [3.05, 3.63) is 77.1 Å². The summed E-state index contributed by atoms with van der Waals surface area (Å²) in [5.41, 5.74) is 4.79. The zero-order valence-electron chi connectivity index (χ0n) is 18.5. The van der Waals surface area contributed by atoms with E-state index in [4.69, 9.17) is 4.74 Å². The zero-order valence-corrected chi connectivity index (χ0v) is 19.3. The number of sulfonamides is 1. The van der Waals surface area contributed by atoms with E-state index in [2.05, 4.69) is 22.0 Å². The van der Waals surface area contributed by atoms with Gasteiger partial charge in [0.25, 0.3) is 5.91 Å². The summed E-state index contributed by atoms with van der Waals surface area (Å²) in [5.74, 6) is -0.295. The fourth-order valence-corrected chi connectivity index (χ4v) is 5.58. The van der Waals surface area contributed by atoms with Gasteiger partial charge >= 0.3 is 0 Å². The Morgan fingerprint density at radius 1 is 0.906 bits per heavy atom. The Morgan fingerprint density at radius 3 is 2.16 bits per heavy atom. The Hall–Kier alpha value is -2.94. The maximum absolute atomic E-state index is 13.1. The van der Waals surface area contributed by atoms with Gasteiger partial charge in [-0.1, -0.05) is 6.07 Å². The summed E-state index contributed by atoms with van der Waals surface area (Å²) >= 11 is 0. The molecular formula is C24H27N3O4S. The van der Waals surface area contributed by atoms with Gasteiger partial charge in [0.1, 0.15) is 0 Å². The Kier molecular flexibility index (Phi) is 6.19. The quantitative estimate of drug-likeness (QED) is 0.639. The van der Waals surface area contributed by atoms with E-state index in [1.54, 1.807) is 31.2 Å². The molecule has 8 heteroatoms. The summed E-state index contributed by atoms with van der Waals surface area (Å²) in [6.07, 6.45) is 0. The first-order valence-corrected chi connectivity index (χ1v) is 12.0. The summed E-state index contributed by atoms with van der Waals surface area (Å²) in [5, 5.41) is 2.82. The first-order valence-electron chi connectivity index (χ1n) is 10.5. The van der Waals surface area contributed by atoms with Gasteiger partial charge in [0, 0.05) is 41.4 Å². The predicted molar refractivity (Wildman–Crippen MR) is 124 cm³/mol. The SMILES string of the molecule is Cc1ccc(NC(=O)c2ccc(-n3c(C)ccc3C)cc2)cc1S(=O)(=O)N1CCOCC1. The molecule has 0 atom stereocenters. The highest BCUT2D eigenvalue weighted by atomic mass is 32.2. The average molecular weight is 454 g/mol. The number of aromatic nitrogens is 1. The maximum atomic E-state index is 13.1. The van der Waals surface area contributed by atoms with Crippen molar-refractivity contribution in [3.63, 3.8) is 0 Å². The molecule has 0 spiro atoms. The van der Waals surface area contributed by atoms with Crippen molar-refractivity contribution in [1.82, 2.24) is 8.87 Å². The molecule has 1 aromatic heterocycles. The van der Waals surface area contributed by atoms with Crippen molar-refractivity contribution in [2.75, 3.05) is 31.6 Å². The number of anilines is 1. The summed E-state index contributed by atoms with van der Waals surface area (Å²) < 4.78 is 35.0. The Labute approximate surface area is 188 Å². The first-order chi connectivity index (χ1) is 15.3. The molecule has 1 fully saturated rings. The molecule has 0 bridgehead atoms. The van der Waals surface area contributed by atoms with Crippen molar-refractivity contribution in [2.24, 2.45) is 0 Å². The number of aryl methyl sites for hydroxylation is 3. The molecule has 1 aliphatic heterocycles. The smallest absolute Gasteiger partial charge is 0.255 e. The van der Waals surface area contributed by atoms with E-state index in [1.807, 2.05) is 26.0 Å². The van der Waals surface area contributed by atoms with Crippen LogP contribution in [-0.2, 0) is 14.8 Å². The standard InChI is InChI=1S/C24H27N3O4S/c1-17-4-9-21(16-23(17)32(29,30)26-12-14-31-15-13-26)25-24(28)20-7-10-22(11-8-20)27-18(2)5-6-19(27)3/h4-11,16H,12-15H2,1-3H3,(H,25,28). The Balaban J connectivity index is 1.54. The minimum atomic E-state index is -3.66. The van der Waals surface area contributed by atoms with Crippen LogP contribution >= 0.6 is 0 Å². The van der Waals surface area contributed by atoms with Crippen molar-refractivity contribution < 1.29 is 17.9 Å². The Morgan fingerprint density at radius 2 is 1.53 bits per heavy atom. The molecule has 0 radical (unpaired) electrons. The van der Waals surface area contributed by atoms with Gasteiger partial charge in [0.05, 0.1) is 18.1 Å². The van der Waals surface area contributed by atoms with Gasteiger partial charge in [0.2, 0.25) is 10.0 Å². The number of amides is 1. The van der Waals surface area contributed by atoms with E-state index in [0.29, 0.717) is 43.1 Å². The van der Waals surface area contributed by atoms with Crippen LogP contribution in [0.25, 0.3) is 5.69 Å². The largest absolute Gasteiger partial charge is 0.379 e. The fraction of sp³-hybridized carbons (Fsp3) is 0.292. The molecular weight excluding hydrogens is 426 g/mol. The monoisotopic (exact) mass is 453 g/mol. The molecule has 4 rings (SSSR count). The Bertz CT molecular complexity index is 1220. The lowest BCUT2D eigenvalue weighted by Crippen LogP contribution is -2.40. The molecule has 1 aliphatic rings. The van der Waals surface area contributed by atoms with Crippen molar-refractivity contribution in [3.8, 4) is 5.69 Å². The number of carbonyl (C=O) groups is 1. The van der Waals surface area contributed by atoms with Gasteiger partial charge in [-0.3, -0.25) is 4.79 Å². The second-order valence-corrected chi connectivity index (χ2v) is 9.86. The van der Waals surface area contributed by atoms with Gasteiger partial charge in [-0.2, -0.15) is 4.31 Å². The molecule has 7 nitrogen and oxygen atoms in total. The second kappa shape index (κ2) is 8.90. The molecule has 2 aromatic carbocycles. The lowest BCUT2D eigenvalue weighted by atomic mass is 10.1. The number of ether oxygens (including phenoxy) is 1. The van der Waals surface area contributed by atoms with Crippen LogP contribution < -0.4 is 5.32 Å². The van der Waals surface area contributed by atoms with Crippen molar-refractivity contribution in [2.45, 2.75) is 25.7 Å². The highest BCUT2D eigenvalue weighted by Crippen LogP contribution is 2.25. The third-order valence-corrected chi connectivity index (χ3v) is 7.73. The summed E-state index contributed by atoms with van der Waals surface area (Å²) in [6.45, 7) is 7.24. The number of hydrogen-bond acceptors (Lipinski definition) is 4. The highest BCUT2D eigenvalue weighted by Gasteiger charge is 2.28. The van der Waals surface area contributed by atoms with Gasteiger partial charge < -0.3 is 14.6 Å². The molecule has 0 aliphatic carbocycles. The van der Waals surface area contributed by atoms with E-state index >= 15 is 0 Å². The number of hydrogen-bond donors (Lipinski definition) is 1. The van der Waals surface area contributed by atoms with Crippen LogP contribution in [0.2, 0.25) is 0 Å². The molecule has 32 heavy (non-hydrogen) atoms. The van der Waals surface area contributed by atoms with E-state index in [0.717, 1.165) is 17.1 Å².